The van der Waals surface area contributed by atoms with Crippen molar-refractivity contribution in [3.05, 3.63) is 65.5 Å². The molecule has 0 aliphatic heterocycles. The number of methoxy groups -OCH3 is 1. The van der Waals surface area contributed by atoms with Crippen LogP contribution in [0, 0.1) is 0 Å². The van der Waals surface area contributed by atoms with Crippen molar-refractivity contribution in [2.45, 2.75) is 5.75 Å². The third-order valence-corrected chi connectivity index (χ3v) is 4.05. The molecule has 0 radical (unpaired) electrons. The first-order valence-corrected chi connectivity index (χ1v) is 8.31. The highest BCUT2D eigenvalue weighted by molar-refractivity contribution is 7.98. The molecule has 2 rings (SSSR count). The van der Waals surface area contributed by atoms with E-state index in [4.69, 9.17) is 0 Å². The minimum atomic E-state index is -0.557. The maximum Gasteiger partial charge on any atom is 0.356 e. The summed E-state index contributed by atoms with van der Waals surface area (Å²) < 4.78 is 4.59. The number of aromatic nitrogens is 1. The second-order valence-corrected chi connectivity index (χ2v) is 5.80. The van der Waals surface area contributed by atoms with Gasteiger partial charge in [-0.3, -0.25) is 4.79 Å². The van der Waals surface area contributed by atoms with E-state index in [-0.39, 0.29) is 17.3 Å². The molecule has 0 aliphatic carbocycles. The number of nitrogens with zero attached hydrogens (tertiary/aromatic N) is 1. The Kier molecular flexibility index (Phi) is 6.62. The molecule has 1 amide bonds. The Morgan fingerprint density at radius 3 is 2.57 bits per heavy atom. The van der Waals surface area contributed by atoms with Crippen molar-refractivity contribution in [2.75, 3.05) is 19.4 Å². The molecule has 1 aromatic carbocycles. The molecule has 0 aliphatic rings. The zero-order valence-corrected chi connectivity index (χ0v) is 13.6. The van der Waals surface area contributed by atoms with Crippen LogP contribution in [0.3, 0.4) is 0 Å². The number of amides is 1. The summed E-state index contributed by atoms with van der Waals surface area (Å²) in [5, 5.41) is 2.79. The first-order valence-electron chi connectivity index (χ1n) is 7.16. The van der Waals surface area contributed by atoms with Gasteiger partial charge in [0.25, 0.3) is 5.91 Å². The molecule has 1 N–H and O–H groups in total. The summed E-state index contributed by atoms with van der Waals surface area (Å²) in [5.74, 6) is 0.860. The van der Waals surface area contributed by atoms with Gasteiger partial charge in [-0.2, -0.15) is 11.8 Å². The number of carbonyl (C=O) groups excluding carboxylic acids is 2. The standard InChI is InChI=1S/C17H18N2O3S/c1-22-17(21)15-9-5-8-14(19-15)16(20)18-10-11-23-12-13-6-3-2-4-7-13/h2-9H,10-12H2,1H3,(H,18,20). The molecule has 0 fully saturated rings. The maximum atomic E-state index is 12.0. The number of carbonyl (C=O) groups is 2. The number of esters is 1. The van der Waals surface area contributed by atoms with Crippen LogP contribution >= 0.6 is 11.8 Å². The number of ether oxygens (including phenoxy) is 1. The lowest BCUT2D eigenvalue weighted by molar-refractivity contribution is 0.0594. The summed E-state index contributed by atoms with van der Waals surface area (Å²) in [6.07, 6.45) is 0. The fourth-order valence-corrected chi connectivity index (χ4v) is 2.69. The Morgan fingerprint density at radius 2 is 1.83 bits per heavy atom. The van der Waals surface area contributed by atoms with Gasteiger partial charge in [0.1, 0.15) is 11.4 Å². The van der Waals surface area contributed by atoms with Gasteiger partial charge in [-0.05, 0) is 17.7 Å². The number of nitrogens with one attached hydrogen (secondary N) is 1. The Labute approximate surface area is 139 Å². The quantitative estimate of drug-likeness (QED) is 0.624. The van der Waals surface area contributed by atoms with Crippen molar-refractivity contribution in [1.29, 1.82) is 0 Å². The summed E-state index contributed by atoms with van der Waals surface area (Å²) in [6.45, 7) is 0.542. The van der Waals surface area contributed by atoms with Gasteiger partial charge in [0.05, 0.1) is 7.11 Å². The number of pyridine rings is 1. The van der Waals surface area contributed by atoms with Crippen molar-refractivity contribution in [1.82, 2.24) is 10.3 Å². The van der Waals surface area contributed by atoms with Crippen LogP contribution in [0.5, 0.6) is 0 Å². The van der Waals surface area contributed by atoms with Crippen LogP contribution in [0.15, 0.2) is 48.5 Å². The molecule has 0 saturated heterocycles. The summed E-state index contributed by atoms with van der Waals surface area (Å²) in [7, 11) is 1.28. The van der Waals surface area contributed by atoms with Crippen molar-refractivity contribution >= 4 is 23.6 Å². The van der Waals surface area contributed by atoms with Crippen LogP contribution in [-0.4, -0.2) is 36.3 Å². The van der Waals surface area contributed by atoms with Gasteiger partial charge < -0.3 is 10.1 Å². The van der Waals surface area contributed by atoms with Gasteiger partial charge in [-0.25, -0.2) is 9.78 Å². The van der Waals surface area contributed by atoms with Gasteiger partial charge in [0, 0.05) is 18.1 Å². The van der Waals surface area contributed by atoms with E-state index in [1.165, 1.54) is 18.7 Å². The largest absolute Gasteiger partial charge is 0.464 e. The van der Waals surface area contributed by atoms with E-state index in [1.807, 2.05) is 18.2 Å². The molecule has 0 spiro atoms. The van der Waals surface area contributed by atoms with Crippen molar-refractivity contribution < 1.29 is 14.3 Å². The molecule has 1 heterocycles. The second-order valence-electron chi connectivity index (χ2n) is 4.69. The van der Waals surface area contributed by atoms with Crippen LogP contribution in [0.4, 0.5) is 0 Å². The maximum absolute atomic E-state index is 12.0. The third-order valence-electron chi connectivity index (χ3n) is 3.02. The average molecular weight is 330 g/mol. The van der Waals surface area contributed by atoms with Gasteiger partial charge in [0.2, 0.25) is 0 Å². The number of hydrogen-bond acceptors (Lipinski definition) is 5. The lowest BCUT2D eigenvalue weighted by atomic mass is 10.2. The number of benzene rings is 1. The zero-order valence-electron chi connectivity index (χ0n) is 12.8. The lowest BCUT2D eigenvalue weighted by Crippen LogP contribution is -2.27. The normalized spacial score (nSPS) is 10.1. The van der Waals surface area contributed by atoms with Crippen LogP contribution in [-0.2, 0) is 10.5 Å². The second kappa shape index (κ2) is 8.95. The topological polar surface area (TPSA) is 68.3 Å². The minimum absolute atomic E-state index is 0.124. The molecule has 0 saturated carbocycles. The minimum Gasteiger partial charge on any atom is -0.464 e. The predicted octanol–water partition coefficient (Wildman–Crippen LogP) is 2.53. The number of thioether (sulfide) groups is 1. The molecule has 0 bridgehead atoms. The summed E-state index contributed by atoms with van der Waals surface area (Å²) in [4.78, 5) is 27.4. The van der Waals surface area contributed by atoms with Crippen molar-refractivity contribution in [2.24, 2.45) is 0 Å². The van der Waals surface area contributed by atoms with E-state index in [0.29, 0.717) is 6.54 Å². The van der Waals surface area contributed by atoms with Crippen LogP contribution in [0.2, 0.25) is 0 Å². The Hall–Kier alpha value is -2.34. The van der Waals surface area contributed by atoms with Crippen LogP contribution in [0.25, 0.3) is 0 Å². The van der Waals surface area contributed by atoms with E-state index >= 15 is 0 Å². The molecule has 1 aromatic heterocycles. The monoisotopic (exact) mass is 330 g/mol. The van der Waals surface area contributed by atoms with Gasteiger partial charge in [0.15, 0.2) is 0 Å². The third kappa shape index (κ3) is 5.41. The van der Waals surface area contributed by atoms with Gasteiger partial charge >= 0.3 is 5.97 Å². The molecule has 120 valence electrons. The average Bonchev–Trinajstić information content (AvgIpc) is 2.61. The summed E-state index contributed by atoms with van der Waals surface area (Å²) in [5.41, 5.74) is 1.59. The number of hydrogen-bond donors (Lipinski definition) is 1. The van der Waals surface area contributed by atoms with E-state index in [2.05, 4.69) is 27.2 Å². The highest BCUT2D eigenvalue weighted by atomic mass is 32.2. The molecule has 23 heavy (non-hydrogen) atoms. The number of rotatable bonds is 7. The van der Waals surface area contributed by atoms with E-state index in [9.17, 15) is 9.59 Å². The zero-order chi connectivity index (χ0) is 16.5. The molecule has 5 nitrogen and oxygen atoms in total. The highest BCUT2D eigenvalue weighted by Gasteiger charge is 2.11. The smallest absolute Gasteiger partial charge is 0.356 e. The fourth-order valence-electron chi connectivity index (χ4n) is 1.87. The first kappa shape index (κ1) is 17.0. The molecule has 0 atom stereocenters. The van der Waals surface area contributed by atoms with Gasteiger partial charge in [-0.15, -0.1) is 0 Å². The molecular formula is C17H18N2O3S. The van der Waals surface area contributed by atoms with Gasteiger partial charge in [-0.1, -0.05) is 36.4 Å². The van der Waals surface area contributed by atoms with E-state index < -0.39 is 5.97 Å². The van der Waals surface area contributed by atoms with Crippen LogP contribution < -0.4 is 5.32 Å². The van der Waals surface area contributed by atoms with E-state index in [1.54, 1.807) is 23.9 Å². The van der Waals surface area contributed by atoms with Crippen molar-refractivity contribution in [3.8, 4) is 0 Å². The van der Waals surface area contributed by atoms with E-state index in [0.717, 1.165) is 11.5 Å². The fraction of sp³-hybridized carbons (Fsp3) is 0.235. The SMILES string of the molecule is COC(=O)c1cccc(C(=O)NCCSCc2ccccc2)n1. The van der Waals surface area contributed by atoms with Crippen molar-refractivity contribution in [3.63, 3.8) is 0 Å². The molecule has 0 unspecified atom stereocenters. The Balaban J connectivity index is 1.75. The Bertz CT molecular complexity index is 662. The summed E-state index contributed by atoms with van der Waals surface area (Å²) in [6, 6.07) is 14.9. The Morgan fingerprint density at radius 1 is 1.09 bits per heavy atom. The highest BCUT2D eigenvalue weighted by Crippen LogP contribution is 2.10. The molecule has 2 aromatic rings. The lowest BCUT2D eigenvalue weighted by Gasteiger charge is -2.06. The predicted molar refractivity (Wildman–Crippen MR) is 90.5 cm³/mol. The first-order chi connectivity index (χ1) is 11.2. The molecular weight excluding hydrogens is 312 g/mol. The molecule has 6 heteroatoms. The summed E-state index contributed by atoms with van der Waals surface area (Å²) >= 11 is 1.75. The van der Waals surface area contributed by atoms with Crippen LogP contribution in [0.1, 0.15) is 26.5 Å².